The summed E-state index contributed by atoms with van der Waals surface area (Å²) in [5, 5.41) is 0. The van der Waals surface area contributed by atoms with Gasteiger partial charge >= 0.3 is 5.97 Å². The highest BCUT2D eigenvalue weighted by atomic mass is 16.6. The minimum absolute atomic E-state index is 0.121. The van der Waals surface area contributed by atoms with Crippen molar-refractivity contribution in [3.8, 4) is 28.7 Å². The fourth-order valence-corrected chi connectivity index (χ4v) is 3.06. The summed E-state index contributed by atoms with van der Waals surface area (Å²) in [6.07, 6.45) is 0.784. The number of carbonyl (C=O) groups excluding carboxylic acids is 2. The third-order valence-corrected chi connectivity index (χ3v) is 4.60. The molecule has 1 aliphatic rings. The van der Waals surface area contributed by atoms with Gasteiger partial charge in [-0.1, -0.05) is 0 Å². The molecule has 0 radical (unpaired) electrons. The van der Waals surface area contributed by atoms with Crippen LogP contribution in [0, 0.1) is 0 Å². The molecule has 0 spiro atoms. The first-order chi connectivity index (χ1) is 14.9. The van der Waals surface area contributed by atoms with E-state index in [1.165, 1.54) is 21.3 Å². The van der Waals surface area contributed by atoms with Gasteiger partial charge in [0.15, 0.2) is 23.4 Å². The Morgan fingerprint density at radius 1 is 1.03 bits per heavy atom. The molecule has 1 atom stereocenters. The Balaban J connectivity index is 1.87. The quantitative estimate of drug-likeness (QED) is 0.465. The second-order valence-corrected chi connectivity index (χ2v) is 6.56. The molecular formula is C23H24O8. The molecule has 0 fully saturated rings. The highest BCUT2D eigenvalue weighted by Crippen LogP contribution is 2.39. The van der Waals surface area contributed by atoms with Gasteiger partial charge in [0.2, 0.25) is 5.78 Å². The van der Waals surface area contributed by atoms with Gasteiger partial charge in [-0.25, -0.2) is 4.79 Å². The number of rotatable bonds is 8. The molecule has 1 unspecified atom stereocenters. The van der Waals surface area contributed by atoms with Gasteiger partial charge in [-0.2, -0.15) is 0 Å². The SMILES string of the molecule is CCOC(=O)C(C)Oc1ccc2c(c1)O/C(=C\c1cc(OC)c(OC)cc1OC)C2=O. The van der Waals surface area contributed by atoms with Crippen molar-refractivity contribution in [2.45, 2.75) is 20.0 Å². The maximum absolute atomic E-state index is 12.8. The number of esters is 1. The van der Waals surface area contributed by atoms with Gasteiger partial charge in [0.1, 0.15) is 17.2 Å². The Morgan fingerprint density at radius 2 is 1.71 bits per heavy atom. The number of benzene rings is 2. The van der Waals surface area contributed by atoms with E-state index in [0.29, 0.717) is 39.9 Å². The number of carbonyl (C=O) groups is 2. The van der Waals surface area contributed by atoms with Crippen LogP contribution in [0.5, 0.6) is 28.7 Å². The Kier molecular flexibility index (Phi) is 6.69. The predicted octanol–water partition coefficient (Wildman–Crippen LogP) is 3.66. The van der Waals surface area contributed by atoms with Crippen LogP contribution in [0.15, 0.2) is 36.1 Å². The Labute approximate surface area is 180 Å². The lowest BCUT2D eigenvalue weighted by Crippen LogP contribution is -2.26. The van der Waals surface area contributed by atoms with Crippen molar-refractivity contribution in [1.29, 1.82) is 0 Å². The van der Waals surface area contributed by atoms with E-state index in [1.54, 1.807) is 50.3 Å². The molecule has 0 bridgehead atoms. The second kappa shape index (κ2) is 9.42. The fourth-order valence-electron chi connectivity index (χ4n) is 3.06. The molecule has 0 saturated carbocycles. The van der Waals surface area contributed by atoms with Crippen molar-refractivity contribution in [3.05, 3.63) is 47.2 Å². The van der Waals surface area contributed by atoms with Gasteiger partial charge in [-0.05, 0) is 38.1 Å². The van der Waals surface area contributed by atoms with Crippen LogP contribution >= 0.6 is 0 Å². The van der Waals surface area contributed by atoms with Crippen LogP contribution in [0.1, 0.15) is 29.8 Å². The third kappa shape index (κ3) is 4.58. The van der Waals surface area contributed by atoms with E-state index in [2.05, 4.69) is 0 Å². The van der Waals surface area contributed by atoms with Crippen molar-refractivity contribution in [2.24, 2.45) is 0 Å². The highest BCUT2D eigenvalue weighted by molar-refractivity contribution is 6.14. The van der Waals surface area contributed by atoms with Crippen LogP contribution in [-0.2, 0) is 9.53 Å². The number of hydrogen-bond acceptors (Lipinski definition) is 8. The summed E-state index contributed by atoms with van der Waals surface area (Å²) in [6, 6.07) is 8.13. The molecular weight excluding hydrogens is 404 g/mol. The van der Waals surface area contributed by atoms with Gasteiger partial charge < -0.3 is 28.4 Å². The van der Waals surface area contributed by atoms with Gasteiger partial charge in [0.25, 0.3) is 0 Å². The van der Waals surface area contributed by atoms with Crippen LogP contribution in [-0.4, -0.2) is 45.8 Å². The molecule has 2 aromatic rings. The lowest BCUT2D eigenvalue weighted by Gasteiger charge is -2.13. The zero-order chi connectivity index (χ0) is 22.5. The molecule has 0 aromatic heterocycles. The normalized spacial score (nSPS) is 14.5. The number of allylic oxidation sites excluding steroid dienone is 1. The Morgan fingerprint density at radius 3 is 2.35 bits per heavy atom. The van der Waals surface area contributed by atoms with Crippen LogP contribution in [0.4, 0.5) is 0 Å². The summed E-state index contributed by atoms with van der Waals surface area (Å²) in [4.78, 5) is 24.6. The van der Waals surface area contributed by atoms with E-state index >= 15 is 0 Å². The topological polar surface area (TPSA) is 89.5 Å². The van der Waals surface area contributed by atoms with Crippen molar-refractivity contribution in [2.75, 3.05) is 27.9 Å². The molecule has 8 heteroatoms. The second-order valence-electron chi connectivity index (χ2n) is 6.56. The smallest absolute Gasteiger partial charge is 0.347 e. The van der Waals surface area contributed by atoms with Crippen molar-refractivity contribution in [1.82, 2.24) is 0 Å². The van der Waals surface area contributed by atoms with Gasteiger partial charge in [0, 0.05) is 17.7 Å². The van der Waals surface area contributed by atoms with Crippen LogP contribution in [0.25, 0.3) is 6.08 Å². The van der Waals surface area contributed by atoms with Gasteiger partial charge in [-0.15, -0.1) is 0 Å². The summed E-state index contributed by atoms with van der Waals surface area (Å²) in [6.45, 7) is 3.58. The minimum atomic E-state index is -0.791. The number of ketones is 1. The summed E-state index contributed by atoms with van der Waals surface area (Å²) in [5.41, 5.74) is 0.977. The fraction of sp³-hybridized carbons (Fsp3) is 0.304. The van der Waals surface area contributed by atoms with Crippen molar-refractivity contribution in [3.63, 3.8) is 0 Å². The molecule has 2 aromatic carbocycles. The summed E-state index contributed by atoms with van der Waals surface area (Å²) < 4.78 is 32.3. The largest absolute Gasteiger partial charge is 0.496 e. The number of Topliss-reactive ketones (excluding diaryl/α,β-unsaturated/α-hetero) is 1. The van der Waals surface area contributed by atoms with Crippen LogP contribution < -0.4 is 23.7 Å². The van der Waals surface area contributed by atoms with Crippen molar-refractivity contribution < 1.29 is 38.0 Å². The molecule has 1 aliphatic heterocycles. The lowest BCUT2D eigenvalue weighted by atomic mass is 10.1. The molecule has 31 heavy (non-hydrogen) atoms. The predicted molar refractivity (Wildman–Crippen MR) is 112 cm³/mol. The Bertz CT molecular complexity index is 1020. The lowest BCUT2D eigenvalue weighted by molar-refractivity contribution is -0.150. The first-order valence-electron chi connectivity index (χ1n) is 9.63. The monoisotopic (exact) mass is 428 g/mol. The van der Waals surface area contributed by atoms with E-state index < -0.39 is 12.1 Å². The number of methoxy groups -OCH3 is 3. The van der Waals surface area contributed by atoms with Crippen molar-refractivity contribution >= 4 is 17.8 Å². The first-order valence-corrected chi connectivity index (χ1v) is 9.63. The molecule has 0 aliphatic carbocycles. The Hall–Kier alpha value is -3.68. The summed E-state index contributed by atoms with van der Waals surface area (Å²) in [5.74, 6) is 1.57. The molecule has 0 saturated heterocycles. The third-order valence-electron chi connectivity index (χ3n) is 4.60. The highest BCUT2D eigenvalue weighted by Gasteiger charge is 2.29. The number of ether oxygens (including phenoxy) is 6. The average Bonchev–Trinajstić information content (AvgIpc) is 3.08. The average molecular weight is 428 g/mol. The standard InChI is InChI=1S/C23H24O8/c1-6-29-23(25)13(2)30-15-7-8-16-18(11-15)31-21(22(16)24)10-14-9-19(27-4)20(28-5)12-17(14)26-3/h7-13H,6H2,1-5H3/b21-10-. The van der Waals surface area contributed by atoms with E-state index in [9.17, 15) is 9.59 Å². The zero-order valence-electron chi connectivity index (χ0n) is 18.0. The zero-order valence-corrected chi connectivity index (χ0v) is 18.0. The maximum atomic E-state index is 12.8. The molecule has 1 heterocycles. The van der Waals surface area contributed by atoms with Crippen LogP contribution in [0.2, 0.25) is 0 Å². The van der Waals surface area contributed by atoms with E-state index in [4.69, 9.17) is 28.4 Å². The molecule has 0 amide bonds. The van der Waals surface area contributed by atoms with E-state index in [1.807, 2.05) is 0 Å². The minimum Gasteiger partial charge on any atom is -0.496 e. The summed E-state index contributed by atoms with van der Waals surface area (Å²) in [7, 11) is 4.56. The number of hydrogen-bond donors (Lipinski definition) is 0. The molecule has 164 valence electrons. The van der Waals surface area contributed by atoms with E-state index in [-0.39, 0.29) is 18.1 Å². The molecule has 8 nitrogen and oxygen atoms in total. The number of fused-ring (bicyclic) bond motifs is 1. The van der Waals surface area contributed by atoms with Gasteiger partial charge in [0.05, 0.1) is 33.5 Å². The maximum Gasteiger partial charge on any atom is 0.347 e. The van der Waals surface area contributed by atoms with E-state index in [0.717, 1.165) is 0 Å². The molecule has 0 N–H and O–H groups in total. The van der Waals surface area contributed by atoms with Crippen LogP contribution in [0.3, 0.4) is 0 Å². The first kappa shape index (κ1) is 22.0. The summed E-state index contributed by atoms with van der Waals surface area (Å²) >= 11 is 0. The van der Waals surface area contributed by atoms with Gasteiger partial charge in [-0.3, -0.25) is 4.79 Å². The molecule has 3 rings (SSSR count).